The first-order chi connectivity index (χ1) is 17.7. The molecule has 37 heavy (non-hydrogen) atoms. The minimum Gasteiger partial charge on any atom is -0.457 e. The zero-order chi connectivity index (χ0) is 26.3. The molecule has 2 aliphatic rings. The summed E-state index contributed by atoms with van der Waals surface area (Å²) in [4.78, 5) is 28.0. The Morgan fingerprint density at radius 1 is 1.03 bits per heavy atom. The Kier molecular flexibility index (Phi) is 6.54. The number of halogens is 2. The average Bonchev–Trinajstić information content (AvgIpc) is 3.47. The van der Waals surface area contributed by atoms with Gasteiger partial charge in [0, 0.05) is 16.2 Å². The number of carbonyl (C=O) groups excluding carboxylic acids is 2. The molecule has 5 rings (SSSR count). The maximum absolute atomic E-state index is 13.8. The van der Waals surface area contributed by atoms with Gasteiger partial charge in [-0.2, -0.15) is 5.26 Å². The molecule has 0 saturated carbocycles. The highest BCUT2D eigenvalue weighted by atomic mass is 35.5. The van der Waals surface area contributed by atoms with E-state index < -0.39 is 27.7 Å². The van der Waals surface area contributed by atoms with Crippen molar-refractivity contribution in [1.29, 1.82) is 5.26 Å². The van der Waals surface area contributed by atoms with Crippen molar-refractivity contribution in [2.24, 2.45) is 0 Å². The van der Waals surface area contributed by atoms with Gasteiger partial charge in [0.15, 0.2) is 9.84 Å². The number of hydrogen-bond donors (Lipinski definition) is 0. The molecule has 2 aromatic carbocycles. The van der Waals surface area contributed by atoms with E-state index in [4.69, 9.17) is 27.6 Å². The highest BCUT2D eigenvalue weighted by Gasteiger charge is 2.45. The molecular formula is C27H18Cl2N2O5S. The molecule has 3 aromatic rings. The number of nitrogens with zero attached hydrogens (tertiary/aromatic N) is 2. The van der Waals surface area contributed by atoms with Crippen LogP contribution in [0.2, 0.25) is 10.0 Å². The second-order valence-corrected chi connectivity index (χ2v) is 11.7. The molecular weight excluding hydrogens is 535 g/mol. The summed E-state index contributed by atoms with van der Waals surface area (Å²) in [5.41, 5.74) is 1.06. The number of sulfone groups is 1. The fourth-order valence-corrected chi connectivity index (χ4v) is 6.75. The Labute approximate surface area is 223 Å². The van der Waals surface area contributed by atoms with Crippen LogP contribution in [0.25, 0.3) is 23.0 Å². The topological polar surface area (TPSA) is 108 Å². The van der Waals surface area contributed by atoms with Gasteiger partial charge in [0.25, 0.3) is 11.8 Å². The van der Waals surface area contributed by atoms with Gasteiger partial charge in [-0.05, 0) is 48.4 Å². The van der Waals surface area contributed by atoms with Gasteiger partial charge in [-0.3, -0.25) is 14.5 Å². The van der Waals surface area contributed by atoms with Crippen LogP contribution in [-0.2, 0) is 19.4 Å². The predicted octanol–water partition coefficient (Wildman–Crippen LogP) is 5.17. The number of nitriles is 1. The number of carbonyl (C=O) groups is 2. The molecule has 0 unspecified atom stereocenters. The lowest BCUT2D eigenvalue weighted by atomic mass is 9.87. The monoisotopic (exact) mass is 552 g/mol. The van der Waals surface area contributed by atoms with Crippen LogP contribution in [-0.4, -0.2) is 42.7 Å². The molecule has 0 bridgehead atoms. The molecule has 0 aliphatic carbocycles. The zero-order valence-electron chi connectivity index (χ0n) is 19.1. The van der Waals surface area contributed by atoms with Crippen molar-refractivity contribution in [3.63, 3.8) is 0 Å². The molecule has 186 valence electrons. The number of benzene rings is 2. The molecule has 10 heteroatoms. The van der Waals surface area contributed by atoms with Crippen molar-refractivity contribution < 1.29 is 22.4 Å². The van der Waals surface area contributed by atoms with E-state index >= 15 is 0 Å². The second-order valence-electron chi connectivity index (χ2n) is 8.65. The van der Waals surface area contributed by atoms with Gasteiger partial charge < -0.3 is 4.42 Å². The van der Waals surface area contributed by atoms with E-state index in [1.54, 1.807) is 60.7 Å². The summed E-state index contributed by atoms with van der Waals surface area (Å²) in [5, 5.41) is 10.8. The summed E-state index contributed by atoms with van der Waals surface area (Å²) < 4.78 is 30.2. The molecule has 1 saturated heterocycles. The predicted molar refractivity (Wildman–Crippen MR) is 140 cm³/mol. The lowest BCUT2D eigenvalue weighted by Gasteiger charge is -2.32. The van der Waals surface area contributed by atoms with E-state index in [0.29, 0.717) is 26.9 Å². The van der Waals surface area contributed by atoms with E-state index in [2.05, 4.69) is 0 Å². The summed E-state index contributed by atoms with van der Waals surface area (Å²) >= 11 is 12.3. The SMILES string of the molecule is N#CC1=C(c2ccccc2)/C(=C/c2ccc(-c3ccc(Cl)cc3Cl)o2)C(=O)N([C@@H]2CCS(=O)(=O)C2)C1=O. The summed E-state index contributed by atoms with van der Waals surface area (Å²) in [7, 11) is -3.40. The van der Waals surface area contributed by atoms with Crippen LogP contribution in [0.4, 0.5) is 0 Å². The Hall–Kier alpha value is -3.64. The second kappa shape index (κ2) is 9.67. The third kappa shape index (κ3) is 4.74. The Balaban J connectivity index is 1.65. The van der Waals surface area contributed by atoms with Crippen LogP contribution in [0.5, 0.6) is 0 Å². The van der Waals surface area contributed by atoms with Crippen molar-refractivity contribution in [3.8, 4) is 17.4 Å². The first kappa shape index (κ1) is 25.0. The lowest BCUT2D eigenvalue weighted by Crippen LogP contribution is -2.49. The summed E-state index contributed by atoms with van der Waals surface area (Å²) in [5.74, 6) is -1.25. The quantitative estimate of drug-likeness (QED) is 0.326. The van der Waals surface area contributed by atoms with Gasteiger partial charge in [-0.15, -0.1) is 0 Å². The zero-order valence-corrected chi connectivity index (χ0v) is 21.5. The van der Waals surface area contributed by atoms with Crippen molar-refractivity contribution in [1.82, 2.24) is 4.90 Å². The largest absolute Gasteiger partial charge is 0.457 e. The molecule has 0 spiro atoms. The maximum atomic E-state index is 13.8. The summed E-state index contributed by atoms with van der Waals surface area (Å²) in [6.07, 6.45) is 1.57. The molecule has 3 heterocycles. The number of hydrogen-bond acceptors (Lipinski definition) is 6. The fourth-order valence-electron chi connectivity index (χ4n) is 4.55. The van der Waals surface area contributed by atoms with Gasteiger partial charge in [0.05, 0.1) is 28.1 Å². The summed E-state index contributed by atoms with van der Waals surface area (Å²) in [6, 6.07) is 18.0. The number of amides is 2. The third-order valence-corrected chi connectivity index (χ3v) is 8.56. The van der Waals surface area contributed by atoms with Gasteiger partial charge in [-0.25, -0.2) is 8.42 Å². The van der Waals surface area contributed by atoms with Crippen LogP contribution in [0.1, 0.15) is 17.7 Å². The average molecular weight is 553 g/mol. The lowest BCUT2D eigenvalue weighted by molar-refractivity contribution is -0.142. The van der Waals surface area contributed by atoms with Gasteiger partial charge >= 0.3 is 0 Å². The minimum atomic E-state index is -3.40. The van der Waals surface area contributed by atoms with E-state index in [-0.39, 0.29) is 40.4 Å². The van der Waals surface area contributed by atoms with E-state index in [1.165, 1.54) is 6.08 Å². The van der Waals surface area contributed by atoms with Crippen LogP contribution >= 0.6 is 23.2 Å². The summed E-state index contributed by atoms with van der Waals surface area (Å²) in [6.45, 7) is 0. The number of rotatable bonds is 4. The highest BCUT2D eigenvalue weighted by molar-refractivity contribution is 7.91. The van der Waals surface area contributed by atoms with E-state index in [1.807, 2.05) is 6.07 Å². The first-order valence-corrected chi connectivity index (χ1v) is 13.8. The van der Waals surface area contributed by atoms with Crippen LogP contribution in [0.15, 0.2) is 76.2 Å². The van der Waals surface area contributed by atoms with Gasteiger partial charge in [0.2, 0.25) is 0 Å². The smallest absolute Gasteiger partial charge is 0.272 e. The normalized spacial score (nSPS) is 20.5. The molecule has 0 N–H and O–H groups in total. The van der Waals surface area contributed by atoms with Crippen molar-refractivity contribution in [2.75, 3.05) is 11.5 Å². The Morgan fingerprint density at radius 3 is 2.43 bits per heavy atom. The molecule has 1 aromatic heterocycles. The van der Waals surface area contributed by atoms with Gasteiger partial charge in [-0.1, -0.05) is 53.5 Å². The van der Waals surface area contributed by atoms with Crippen molar-refractivity contribution in [2.45, 2.75) is 12.5 Å². The Morgan fingerprint density at radius 2 is 1.78 bits per heavy atom. The molecule has 0 radical (unpaired) electrons. The molecule has 1 atom stereocenters. The molecule has 2 amide bonds. The number of furan rings is 1. The van der Waals surface area contributed by atoms with E-state index in [9.17, 15) is 23.3 Å². The fraction of sp³-hybridized carbons (Fsp3) is 0.148. The van der Waals surface area contributed by atoms with E-state index in [0.717, 1.165) is 4.90 Å². The van der Waals surface area contributed by atoms with Gasteiger partial charge in [0.1, 0.15) is 23.2 Å². The van der Waals surface area contributed by atoms with Crippen LogP contribution < -0.4 is 0 Å². The van der Waals surface area contributed by atoms with Crippen LogP contribution in [0.3, 0.4) is 0 Å². The maximum Gasteiger partial charge on any atom is 0.272 e. The third-order valence-electron chi connectivity index (χ3n) is 6.26. The first-order valence-electron chi connectivity index (χ1n) is 11.2. The molecule has 1 fully saturated rings. The Bertz CT molecular complexity index is 1650. The standard InChI is InChI=1S/C27H18Cl2N2O5S/c28-17-6-8-20(23(29)12-17)24-9-7-19(36-24)13-21-25(16-4-2-1-3-5-16)22(14-30)27(33)31(26(21)32)18-10-11-37(34,35)15-18/h1-9,12-13,18H,10-11,15H2/b21-13-/t18-/m1/s1. The highest BCUT2D eigenvalue weighted by Crippen LogP contribution is 2.38. The van der Waals surface area contributed by atoms with Crippen LogP contribution in [0, 0.1) is 11.3 Å². The molecule has 7 nitrogen and oxygen atoms in total. The van der Waals surface area contributed by atoms with Crippen molar-refractivity contribution >= 4 is 56.5 Å². The van der Waals surface area contributed by atoms with Crippen molar-refractivity contribution in [3.05, 3.63) is 93.2 Å². The molecule has 2 aliphatic heterocycles. The minimum absolute atomic E-state index is 0.0507. The number of imide groups is 1.